The highest BCUT2D eigenvalue weighted by Gasteiger charge is 2.38. The summed E-state index contributed by atoms with van der Waals surface area (Å²) in [6.45, 7) is 11.8. The first-order chi connectivity index (χ1) is 21.6. The topological polar surface area (TPSA) is 112 Å². The lowest BCUT2D eigenvalue weighted by atomic mass is 10.0. The first kappa shape index (κ1) is 29.2. The number of H-pyrrole nitrogens is 2. The van der Waals surface area contributed by atoms with Crippen molar-refractivity contribution in [2.75, 3.05) is 13.1 Å². The number of carbonyl (C=O) groups excluding carboxylic acids is 1. The lowest BCUT2D eigenvalue weighted by Gasteiger charge is -2.27. The van der Waals surface area contributed by atoms with Crippen LogP contribution in [0.1, 0.15) is 71.2 Å². The predicted octanol–water partition coefficient (Wildman–Crippen LogP) is 7.67. The Morgan fingerprint density at radius 3 is 2.31 bits per heavy atom. The number of ether oxygens (including phenoxy) is 1. The lowest BCUT2D eigenvalue weighted by molar-refractivity contribution is 0.0214. The van der Waals surface area contributed by atoms with E-state index in [2.05, 4.69) is 93.7 Å². The van der Waals surface area contributed by atoms with E-state index in [1.807, 2.05) is 33.2 Å². The number of benzene rings is 2. The van der Waals surface area contributed by atoms with Crippen LogP contribution in [0.3, 0.4) is 0 Å². The first-order valence-electron chi connectivity index (χ1n) is 15.9. The molecule has 3 N–H and O–H groups in total. The molecule has 2 fully saturated rings. The van der Waals surface area contributed by atoms with Gasteiger partial charge in [0.05, 0.1) is 47.1 Å². The molecular formula is C36H41N7O2. The molecule has 45 heavy (non-hydrogen) atoms. The van der Waals surface area contributed by atoms with Gasteiger partial charge in [-0.1, -0.05) is 50.2 Å². The monoisotopic (exact) mass is 603 g/mol. The minimum absolute atomic E-state index is 0.127. The van der Waals surface area contributed by atoms with Crippen molar-refractivity contribution in [2.45, 2.75) is 65.1 Å². The number of hydrogen-bond donors (Lipinski definition) is 3. The number of amides is 1. The number of rotatable bonds is 5. The zero-order chi connectivity index (χ0) is 31.3. The molecule has 0 saturated carbocycles. The normalized spacial score (nSPS) is 21.9. The molecule has 3 aromatic heterocycles. The molecule has 9 nitrogen and oxygen atoms in total. The largest absolute Gasteiger partial charge is 0.444 e. The molecule has 0 radical (unpaired) electrons. The second-order valence-electron chi connectivity index (χ2n) is 13.8. The fourth-order valence-corrected chi connectivity index (χ4v) is 6.54. The lowest BCUT2D eigenvalue weighted by Crippen LogP contribution is -2.37. The van der Waals surface area contributed by atoms with Gasteiger partial charge < -0.3 is 20.0 Å². The van der Waals surface area contributed by atoms with Crippen molar-refractivity contribution in [1.29, 1.82) is 0 Å². The molecule has 9 heteroatoms. The zero-order valence-corrected chi connectivity index (χ0v) is 26.6. The highest BCUT2D eigenvalue weighted by atomic mass is 16.6. The van der Waals surface area contributed by atoms with Gasteiger partial charge in [0.2, 0.25) is 0 Å². The Labute approximate surface area is 263 Å². The van der Waals surface area contributed by atoms with Crippen molar-refractivity contribution in [2.24, 2.45) is 11.8 Å². The third-order valence-corrected chi connectivity index (χ3v) is 8.82. The summed E-state index contributed by atoms with van der Waals surface area (Å²) < 4.78 is 5.68. The van der Waals surface area contributed by atoms with E-state index in [9.17, 15) is 4.79 Å². The molecular weight excluding hydrogens is 562 g/mol. The van der Waals surface area contributed by atoms with E-state index >= 15 is 0 Å². The number of hydrogen-bond acceptors (Lipinski definition) is 6. The fraction of sp³-hybridized carbons (Fsp3) is 0.389. The number of imidazole rings is 2. The van der Waals surface area contributed by atoms with Crippen LogP contribution >= 0.6 is 0 Å². The van der Waals surface area contributed by atoms with E-state index < -0.39 is 5.60 Å². The molecule has 0 bridgehead atoms. The van der Waals surface area contributed by atoms with Crippen molar-refractivity contribution < 1.29 is 9.53 Å². The van der Waals surface area contributed by atoms with Gasteiger partial charge in [-0.25, -0.2) is 19.7 Å². The fourth-order valence-electron chi connectivity index (χ4n) is 6.54. The number of likely N-dealkylation sites (tertiary alicyclic amines) is 1. The second-order valence-corrected chi connectivity index (χ2v) is 13.8. The third kappa shape index (κ3) is 6.09. The zero-order valence-electron chi connectivity index (χ0n) is 26.6. The summed E-state index contributed by atoms with van der Waals surface area (Å²) in [6, 6.07) is 19.2. The number of nitrogens with zero attached hydrogens (tertiary/aromatic N) is 4. The van der Waals surface area contributed by atoms with Crippen LogP contribution in [0.25, 0.3) is 44.7 Å². The van der Waals surface area contributed by atoms with Gasteiger partial charge in [-0.15, -0.1) is 0 Å². The maximum Gasteiger partial charge on any atom is 0.410 e. The van der Waals surface area contributed by atoms with Gasteiger partial charge >= 0.3 is 6.09 Å². The summed E-state index contributed by atoms with van der Waals surface area (Å²) in [5.74, 6) is 2.81. The first-order valence-corrected chi connectivity index (χ1v) is 15.9. The maximum atomic E-state index is 12.9. The SMILES string of the molecule is C[C@@H]1CN[C@H](c2ncc(-c3ccc4cc(-c5ccc(-c6cnc([C@@H]7C[C@H](C)CN7C(=O)OC(C)(C)C)[nH]6)cc5)ccc4n3)[nH]2)C1. The van der Waals surface area contributed by atoms with Crippen molar-refractivity contribution in [3.8, 4) is 33.8 Å². The molecule has 2 aliphatic heterocycles. The Morgan fingerprint density at radius 2 is 1.56 bits per heavy atom. The summed E-state index contributed by atoms with van der Waals surface area (Å²) >= 11 is 0. The van der Waals surface area contributed by atoms with Crippen molar-refractivity contribution in [1.82, 2.24) is 35.1 Å². The van der Waals surface area contributed by atoms with Crippen molar-refractivity contribution in [3.63, 3.8) is 0 Å². The van der Waals surface area contributed by atoms with Crippen LogP contribution in [0.15, 0.2) is 67.0 Å². The average molecular weight is 604 g/mol. The third-order valence-electron chi connectivity index (χ3n) is 8.82. The van der Waals surface area contributed by atoms with Gasteiger partial charge in [0, 0.05) is 11.9 Å². The Morgan fingerprint density at radius 1 is 0.844 bits per heavy atom. The smallest absolute Gasteiger partial charge is 0.410 e. The summed E-state index contributed by atoms with van der Waals surface area (Å²) in [7, 11) is 0. The van der Waals surface area contributed by atoms with E-state index in [0.717, 1.165) is 75.7 Å². The second kappa shape index (κ2) is 11.5. The Hall–Kier alpha value is -4.50. The molecule has 0 unspecified atom stereocenters. The van der Waals surface area contributed by atoms with Gasteiger partial charge in [-0.2, -0.15) is 0 Å². The standard InChI is InChI=1S/C36H41N7O2/c1-21-14-29(37-17-21)33-38-19-31(42-33)28-13-11-26-16-25(10-12-27(26)40-28)23-6-8-24(9-7-23)30-18-39-34(41-30)32-15-22(2)20-43(32)35(44)45-36(3,4)5/h6-13,16,18-19,21-22,29,32,37H,14-15,17,20H2,1-5H3,(H,38,42)(H,39,41)/t21-,22-,29-,32-/m0/s1. The molecule has 2 saturated heterocycles. The van der Waals surface area contributed by atoms with Gasteiger partial charge in [0.1, 0.15) is 17.2 Å². The maximum absolute atomic E-state index is 12.9. The molecule has 232 valence electrons. The quantitative estimate of drug-likeness (QED) is 0.190. The van der Waals surface area contributed by atoms with E-state index in [1.165, 1.54) is 0 Å². The average Bonchev–Trinajstić information content (AvgIpc) is 3.83. The minimum Gasteiger partial charge on any atom is -0.444 e. The summed E-state index contributed by atoms with van der Waals surface area (Å²) in [6.07, 6.45) is 5.40. The molecule has 2 aliphatic rings. The molecule has 0 spiro atoms. The summed E-state index contributed by atoms with van der Waals surface area (Å²) in [5, 5.41) is 4.63. The van der Waals surface area contributed by atoms with Gasteiger partial charge in [0.15, 0.2) is 0 Å². The van der Waals surface area contributed by atoms with Crippen LogP contribution in [0.2, 0.25) is 0 Å². The Kier molecular flexibility index (Phi) is 7.44. The molecule has 2 aromatic carbocycles. The van der Waals surface area contributed by atoms with Gasteiger partial charge in [-0.05, 0) is 86.9 Å². The predicted molar refractivity (Wildman–Crippen MR) is 176 cm³/mol. The molecule has 5 aromatic rings. The van der Waals surface area contributed by atoms with E-state index in [1.54, 1.807) is 4.90 Å². The van der Waals surface area contributed by atoms with Crippen LogP contribution in [0.4, 0.5) is 4.79 Å². The van der Waals surface area contributed by atoms with Crippen molar-refractivity contribution >= 4 is 17.0 Å². The number of pyridine rings is 1. The van der Waals surface area contributed by atoms with E-state index in [-0.39, 0.29) is 18.2 Å². The Balaban J connectivity index is 1.06. The van der Waals surface area contributed by atoms with Crippen LogP contribution in [0, 0.1) is 11.8 Å². The minimum atomic E-state index is -0.538. The van der Waals surface area contributed by atoms with Crippen LogP contribution in [-0.2, 0) is 4.74 Å². The van der Waals surface area contributed by atoms with Crippen LogP contribution in [-0.4, -0.2) is 54.6 Å². The van der Waals surface area contributed by atoms with Gasteiger partial charge in [-0.3, -0.25) is 4.90 Å². The number of aromatic amines is 2. The summed E-state index contributed by atoms with van der Waals surface area (Å²) in [4.78, 5) is 35.9. The molecule has 4 atom stereocenters. The van der Waals surface area contributed by atoms with E-state index in [0.29, 0.717) is 18.4 Å². The Bertz CT molecular complexity index is 1830. The van der Waals surface area contributed by atoms with Crippen molar-refractivity contribution in [3.05, 3.63) is 78.6 Å². The van der Waals surface area contributed by atoms with Gasteiger partial charge in [0.25, 0.3) is 0 Å². The number of carbonyl (C=O) groups is 1. The van der Waals surface area contributed by atoms with E-state index in [4.69, 9.17) is 9.72 Å². The molecule has 7 rings (SSSR count). The molecule has 0 aliphatic carbocycles. The molecule has 5 heterocycles. The number of nitrogens with one attached hydrogen (secondary N) is 3. The highest BCUT2D eigenvalue weighted by Crippen LogP contribution is 2.36. The summed E-state index contributed by atoms with van der Waals surface area (Å²) in [5.41, 5.74) is 6.47. The highest BCUT2D eigenvalue weighted by molar-refractivity contribution is 5.86. The number of aromatic nitrogens is 5. The van der Waals surface area contributed by atoms with Crippen LogP contribution in [0.5, 0.6) is 0 Å². The molecule has 1 amide bonds. The van der Waals surface area contributed by atoms with Crippen LogP contribution < -0.4 is 5.32 Å². The number of fused-ring (bicyclic) bond motifs is 1.